The van der Waals surface area contributed by atoms with Crippen molar-refractivity contribution in [2.24, 2.45) is 10.2 Å². The Balaban J connectivity index is 0.00000512. The fourth-order valence-corrected chi connectivity index (χ4v) is 3.47. The first-order valence-corrected chi connectivity index (χ1v) is 11.6. The molecule has 0 aliphatic carbocycles. The summed E-state index contributed by atoms with van der Waals surface area (Å²) >= 11 is 0. The van der Waals surface area contributed by atoms with Gasteiger partial charge in [-0.05, 0) is 43.7 Å². The molecule has 0 amide bonds. The molecule has 2 aromatic rings. The summed E-state index contributed by atoms with van der Waals surface area (Å²) in [7, 11) is 4.23. The van der Waals surface area contributed by atoms with Gasteiger partial charge >= 0.3 is 0 Å². The number of nitrogens with zero attached hydrogens (tertiary/aromatic N) is 3. The number of phenols is 1. The second kappa shape index (κ2) is 15.0. The number of hydrogen-bond acceptors (Lipinski definition) is 4. The molecule has 0 unspecified atom stereocenters. The van der Waals surface area contributed by atoms with E-state index in [9.17, 15) is 5.11 Å². The highest BCUT2D eigenvalue weighted by Gasteiger charge is 2.18. The van der Waals surface area contributed by atoms with E-state index in [0.717, 1.165) is 30.0 Å². The Labute approximate surface area is 200 Å². The number of benzene rings is 2. The molecule has 0 bridgehead atoms. The molecule has 6 heteroatoms. The molecular weight excluding hydrogens is 422 g/mol. The minimum atomic E-state index is 0. The van der Waals surface area contributed by atoms with E-state index in [-0.39, 0.29) is 18.2 Å². The summed E-state index contributed by atoms with van der Waals surface area (Å²) in [5, 5.41) is 19.0. The van der Waals surface area contributed by atoms with E-state index in [2.05, 4.69) is 31.2 Å². The Morgan fingerprint density at radius 1 is 0.844 bits per heavy atom. The van der Waals surface area contributed by atoms with Crippen LogP contribution >= 0.6 is 0 Å². The molecule has 2 aromatic carbocycles. The Kier molecular flexibility index (Phi) is 13.2. The van der Waals surface area contributed by atoms with E-state index in [1.54, 1.807) is 12.1 Å². The van der Waals surface area contributed by atoms with Crippen LogP contribution in [-0.2, 0) is 11.3 Å². The molecule has 0 heterocycles. The third-order valence-electron chi connectivity index (χ3n) is 5.31. The molecule has 178 valence electrons. The van der Waals surface area contributed by atoms with Crippen LogP contribution in [0.1, 0.15) is 63.0 Å². The average molecular weight is 462 g/mol. The molecular formula is C26H40ClN3O2. The molecule has 0 aliphatic rings. The molecule has 0 saturated carbocycles. The zero-order chi connectivity index (χ0) is 22.5. The van der Waals surface area contributed by atoms with Gasteiger partial charge in [-0.3, -0.25) is 0 Å². The highest BCUT2D eigenvalue weighted by atomic mass is 35.5. The van der Waals surface area contributed by atoms with Crippen LogP contribution in [0.25, 0.3) is 0 Å². The Morgan fingerprint density at radius 2 is 1.44 bits per heavy atom. The summed E-state index contributed by atoms with van der Waals surface area (Å²) in [6, 6.07) is 13.3. The number of quaternary nitrogens is 1. The number of phenolic OH excluding ortho intramolecular Hbond substituents is 1. The molecule has 0 fully saturated rings. The lowest BCUT2D eigenvalue weighted by Gasteiger charge is -2.29. The predicted octanol–water partition coefficient (Wildman–Crippen LogP) is 4.42. The third kappa shape index (κ3) is 11.1. The van der Waals surface area contributed by atoms with E-state index in [4.69, 9.17) is 4.74 Å². The number of halogens is 1. The van der Waals surface area contributed by atoms with Crippen molar-refractivity contribution in [2.75, 3.05) is 27.4 Å². The largest absolute Gasteiger partial charge is 1.00 e. The molecule has 0 saturated heterocycles. The number of ether oxygens (including phenoxy) is 1. The van der Waals surface area contributed by atoms with Gasteiger partial charge in [-0.2, -0.15) is 10.2 Å². The molecule has 2 rings (SSSR count). The lowest BCUT2D eigenvalue weighted by Crippen LogP contribution is -3.00. The molecule has 0 spiro atoms. The van der Waals surface area contributed by atoms with Crippen molar-refractivity contribution in [3.8, 4) is 5.75 Å². The van der Waals surface area contributed by atoms with Gasteiger partial charge in [0.15, 0.2) is 6.73 Å². The lowest BCUT2D eigenvalue weighted by molar-refractivity contribution is -0.922. The molecule has 32 heavy (non-hydrogen) atoms. The van der Waals surface area contributed by atoms with Gasteiger partial charge in [0.2, 0.25) is 0 Å². The van der Waals surface area contributed by atoms with Crippen LogP contribution < -0.4 is 12.4 Å². The van der Waals surface area contributed by atoms with Crippen molar-refractivity contribution in [2.45, 2.75) is 65.3 Å². The SMILES string of the molecule is CCCCCCCCCOC[N+](C)(C)Cc1cc(N=Nc2ccc(C)cc2)ccc1O.[Cl-]. The fourth-order valence-electron chi connectivity index (χ4n) is 3.47. The third-order valence-corrected chi connectivity index (χ3v) is 5.31. The Hall–Kier alpha value is -1.95. The molecule has 0 aliphatic heterocycles. The summed E-state index contributed by atoms with van der Waals surface area (Å²) in [4.78, 5) is 0. The van der Waals surface area contributed by atoms with Gasteiger partial charge in [0.05, 0.1) is 37.6 Å². The number of rotatable bonds is 14. The van der Waals surface area contributed by atoms with E-state index >= 15 is 0 Å². The van der Waals surface area contributed by atoms with Gasteiger partial charge in [-0.15, -0.1) is 0 Å². The van der Waals surface area contributed by atoms with Crippen LogP contribution in [0.4, 0.5) is 11.4 Å². The van der Waals surface area contributed by atoms with Crippen LogP contribution in [0, 0.1) is 6.92 Å². The summed E-state index contributed by atoms with van der Waals surface area (Å²) < 4.78 is 6.57. The molecule has 5 nitrogen and oxygen atoms in total. The van der Waals surface area contributed by atoms with Gasteiger partial charge in [-0.1, -0.05) is 63.1 Å². The van der Waals surface area contributed by atoms with Gasteiger partial charge in [0, 0.05) is 0 Å². The predicted molar refractivity (Wildman–Crippen MR) is 128 cm³/mol. The molecule has 0 atom stereocenters. The zero-order valence-electron chi connectivity index (χ0n) is 20.2. The second-order valence-corrected chi connectivity index (χ2v) is 9.10. The summed E-state index contributed by atoms with van der Waals surface area (Å²) in [5.41, 5.74) is 3.59. The van der Waals surface area contributed by atoms with E-state index < -0.39 is 0 Å². The van der Waals surface area contributed by atoms with Crippen LogP contribution in [-0.4, -0.2) is 37.0 Å². The fraction of sp³-hybridized carbons (Fsp3) is 0.538. The first-order valence-electron chi connectivity index (χ1n) is 11.6. The summed E-state index contributed by atoms with van der Waals surface area (Å²) in [6.07, 6.45) is 9.01. The number of aromatic hydroxyl groups is 1. The maximum Gasteiger partial charge on any atom is 0.182 e. The minimum absolute atomic E-state index is 0. The topological polar surface area (TPSA) is 54.2 Å². The van der Waals surface area contributed by atoms with Crippen LogP contribution in [0.15, 0.2) is 52.7 Å². The first-order chi connectivity index (χ1) is 14.9. The monoisotopic (exact) mass is 461 g/mol. The number of unbranched alkanes of at least 4 members (excludes halogenated alkanes) is 6. The van der Waals surface area contributed by atoms with Crippen molar-refractivity contribution >= 4 is 11.4 Å². The van der Waals surface area contributed by atoms with Crippen LogP contribution in [0.2, 0.25) is 0 Å². The zero-order valence-corrected chi connectivity index (χ0v) is 20.9. The second-order valence-electron chi connectivity index (χ2n) is 9.10. The minimum Gasteiger partial charge on any atom is -1.00 e. The maximum absolute atomic E-state index is 10.3. The average Bonchev–Trinajstić information content (AvgIpc) is 2.74. The lowest BCUT2D eigenvalue weighted by atomic mass is 10.1. The van der Waals surface area contributed by atoms with Gasteiger partial charge < -0.3 is 26.7 Å². The highest BCUT2D eigenvalue weighted by Crippen LogP contribution is 2.27. The van der Waals surface area contributed by atoms with Crippen molar-refractivity contribution in [1.82, 2.24) is 0 Å². The van der Waals surface area contributed by atoms with E-state index in [0.29, 0.717) is 17.8 Å². The summed E-state index contributed by atoms with van der Waals surface area (Å²) in [6.45, 7) is 6.37. The molecule has 0 aromatic heterocycles. The van der Waals surface area contributed by atoms with Crippen molar-refractivity contribution < 1.29 is 26.7 Å². The van der Waals surface area contributed by atoms with Gasteiger partial charge in [-0.25, -0.2) is 0 Å². The van der Waals surface area contributed by atoms with Gasteiger partial charge in [0.25, 0.3) is 0 Å². The van der Waals surface area contributed by atoms with E-state index in [1.165, 1.54) is 44.1 Å². The van der Waals surface area contributed by atoms with Crippen molar-refractivity contribution in [1.29, 1.82) is 0 Å². The molecule has 0 radical (unpaired) electrons. The Morgan fingerprint density at radius 3 is 2.12 bits per heavy atom. The first kappa shape index (κ1) is 28.1. The number of hydrogen-bond donors (Lipinski definition) is 1. The van der Waals surface area contributed by atoms with Crippen LogP contribution in [0.3, 0.4) is 0 Å². The maximum atomic E-state index is 10.3. The normalized spacial score (nSPS) is 11.6. The number of aryl methyl sites for hydroxylation is 1. The quantitative estimate of drug-likeness (QED) is 0.196. The Bertz CT molecular complexity index is 807. The number of azo groups is 1. The van der Waals surface area contributed by atoms with Crippen molar-refractivity contribution in [3.63, 3.8) is 0 Å². The highest BCUT2D eigenvalue weighted by molar-refractivity contribution is 5.47. The smallest absolute Gasteiger partial charge is 0.182 e. The van der Waals surface area contributed by atoms with Crippen molar-refractivity contribution in [3.05, 3.63) is 53.6 Å². The summed E-state index contributed by atoms with van der Waals surface area (Å²) in [5.74, 6) is 0.285. The van der Waals surface area contributed by atoms with E-state index in [1.807, 2.05) is 37.3 Å². The standard InChI is InChI=1S/C26H39N3O2.ClH/c1-5-6-7-8-9-10-11-18-31-21-29(3,4)20-23-19-25(16-17-26(23)30)28-27-24-14-12-22(2)13-15-24;/h12-17,19H,5-11,18,20-21H2,1-4H3;1H. The van der Waals surface area contributed by atoms with Gasteiger partial charge in [0.1, 0.15) is 12.3 Å². The van der Waals surface area contributed by atoms with Crippen LogP contribution in [0.5, 0.6) is 5.75 Å². The molecule has 1 N–H and O–H groups in total.